The van der Waals surface area contributed by atoms with Crippen LogP contribution in [0.1, 0.15) is 48.8 Å². The number of hydrogen-bond donors (Lipinski definition) is 2. The average molecular weight is 464 g/mol. The lowest BCUT2D eigenvalue weighted by atomic mass is 9.66. The van der Waals surface area contributed by atoms with Crippen molar-refractivity contribution in [3.05, 3.63) is 59.7 Å². The summed E-state index contributed by atoms with van der Waals surface area (Å²) in [5.74, 6) is -0.911. The highest BCUT2D eigenvalue weighted by Crippen LogP contribution is 2.53. The van der Waals surface area contributed by atoms with Gasteiger partial charge in [-0.15, -0.1) is 0 Å². The Hall–Kier alpha value is -3.23. The Labute approximate surface area is 195 Å². The number of carbonyl (C=O) groups is 1. The summed E-state index contributed by atoms with van der Waals surface area (Å²) in [5.41, 5.74) is 4.01. The van der Waals surface area contributed by atoms with Crippen molar-refractivity contribution in [2.75, 3.05) is 20.3 Å². The maximum atomic E-state index is 13.8. The predicted molar refractivity (Wildman–Crippen MR) is 125 cm³/mol. The van der Waals surface area contributed by atoms with Crippen LogP contribution in [0.5, 0.6) is 0 Å². The van der Waals surface area contributed by atoms with E-state index in [4.69, 9.17) is 9.47 Å². The third-order valence-electron chi connectivity index (χ3n) is 7.64. The number of aliphatic carboxylic acids is 1. The molecule has 0 radical (unpaired) electrons. The summed E-state index contributed by atoms with van der Waals surface area (Å²) >= 11 is 0. The second-order valence-electron chi connectivity index (χ2n) is 9.43. The van der Waals surface area contributed by atoms with E-state index in [0.717, 1.165) is 45.9 Å². The number of ether oxygens (including phenoxy) is 2. The number of fused-ring (bicyclic) bond motifs is 2. The number of benzene rings is 2. The number of H-pyrrole nitrogens is 1. The van der Waals surface area contributed by atoms with Crippen molar-refractivity contribution in [2.24, 2.45) is 0 Å². The number of halogens is 1. The van der Waals surface area contributed by atoms with E-state index in [1.54, 1.807) is 18.3 Å². The minimum atomic E-state index is -1.15. The van der Waals surface area contributed by atoms with E-state index in [9.17, 15) is 14.3 Å². The van der Waals surface area contributed by atoms with Crippen LogP contribution in [0.4, 0.5) is 4.39 Å². The van der Waals surface area contributed by atoms with E-state index in [1.807, 2.05) is 0 Å². The van der Waals surface area contributed by atoms with Crippen molar-refractivity contribution < 1.29 is 23.8 Å². The Morgan fingerprint density at radius 1 is 1.21 bits per heavy atom. The molecule has 1 aliphatic heterocycles. The van der Waals surface area contributed by atoms with Gasteiger partial charge in [0.2, 0.25) is 0 Å². The zero-order chi connectivity index (χ0) is 23.4. The number of carboxylic acid groups (broad SMARTS) is 1. The lowest BCUT2D eigenvalue weighted by Crippen LogP contribution is -2.51. The summed E-state index contributed by atoms with van der Waals surface area (Å²) < 4.78 is 27.2. The highest BCUT2D eigenvalue weighted by molar-refractivity contribution is 5.99. The molecule has 1 saturated heterocycles. The molecule has 0 bridgehead atoms. The summed E-state index contributed by atoms with van der Waals surface area (Å²) in [5, 5.41) is 19.1. The van der Waals surface area contributed by atoms with Gasteiger partial charge in [0, 0.05) is 48.4 Å². The van der Waals surface area contributed by atoms with Gasteiger partial charge >= 0.3 is 5.97 Å². The van der Waals surface area contributed by atoms with Crippen LogP contribution in [-0.4, -0.2) is 51.8 Å². The van der Waals surface area contributed by atoms with Crippen LogP contribution in [0.15, 0.2) is 42.6 Å². The Bertz CT molecular complexity index is 1380. The fourth-order valence-corrected chi connectivity index (χ4v) is 5.81. The first kappa shape index (κ1) is 21.3. The summed E-state index contributed by atoms with van der Waals surface area (Å²) in [4.78, 5) is 12.0. The quantitative estimate of drug-likeness (QED) is 0.440. The lowest BCUT2D eigenvalue weighted by Gasteiger charge is -2.44. The highest BCUT2D eigenvalue weighted by atomic mass is 19.1. The van der Waals surface area contributed by atoms with Gasteiger partial charge in [-0.05, 0) is 73.6 Å². The first-order valence-corrected chi connectivity index (χ1v) is 11.6. The molecule has 8 heteroatoms. The van der Waals surface area contributed by atoms with E-state index in [0.29, 0.717) is 26.1 Å². The zero-order valence-electron chi connectivity index (χ0n) is 18.9. The molecule has 0 atom stereocenters. The molecule has 7 nitrogen and oxygen atoms in total. The number of nitrogens with one attached hydrogen (secondary N) is 1. The number of hydrogen-bond acceptors (Lipinski definition) is 4. The minimum Gasteiger partial charge on any atom is -0.479 e. The number of methoxy groups -OCH3 is 1. The maximum Gasteiger partial charge on any atom is 0.335 e. The SMILES string of the molecule is CO[C@]1(C(=O)O)C[C@H](c2c(C3CCOCC3)n(-c3ccc(F)cc3)c3cc4cn[nH]c4cc32)C1. The maximum absolute atomic E-state index is 13.8. The number of carboxylic acids is 1. The van der Waals surface area contributed by atoms with Gasteiger partial charge in [0.1, 0.15) is 5.82 Å². The first-order chi connectivity index (χ1) is 16.5. The van der Waals surface area contributed by atoms with Gasteiger partial charge in [-0.2, -0.15) is 5.10 Å². The smallest absolute Gasteiger partial charge is 0.335 e. The summed E-state index contributed by atoms with van der Waals surface area (Å²) in [6.07, 6.45) is 4.39. The Balaban J connectivity index is 1.62. The Kier molecular flexibility index (Phi) is 4.97. The number of nitrogens with zero attached hydrogens (tertiary/aromatic N) is 2. The summed E-state index contributed by atoms with van der Waals surface area (Å²) in [6.45, 7) is 1.36. The van der Waals surface area contributed by atoms with Crippen LogP contribution in [0.25, 0.3) is 27.5 Å². The van der Waals surface area contributed by atoms with Crippen LogP contribution < -0.4 is 0 Å². The van der Waals surface area contributed by atoms with Crippen LogP contribution >= 0.6 is 0 Å². The van der Waals surface area contributed by atoms with Crippen LogP contribution in [0, 0.1) is 5.82 Å². The molecule has 0 unspecified atom stereocenters. The molecule has 1 saturated carbocycles. The topological polar surface area (TPSA) is 89.4 Å². The monoisotopic (exact) mass is 463 g/mol. The highest BCUT2D eigenvalue weighted by Gasteiger charge is 2.53. The van der Waals surface area contributed by atoms with Crippen LogP contribution in [0.2, 0.25) is 0 Å². The molecule has 1 aliphatic carbocycles. The molecule has 2 aliphatic rings. The third-order valence-corrected chi connectivity index (χ3v) is 7.64. The standard InChI is InChI=1S/C26H26FN3O4/c1-33-26(25(31)32)12-17(13-26)23-20-11-21-16(14-28-29-21)10-22(20)30(19-4-2-18(27)3-5-19)24(23)15-6-8-34-9-7-15/h2-5,10-11,14-15,17H,6-9,12-13H2,1H3,(H,28,29)(H,31,32)/t17-,26+. The Morgan fingerprint density at radius 3 is 2.62 bits per heavy atom. The number of rotatable bonds is 5. The molecule has 34 heavy (non-hydrogen) atoms. The molecule has 0 spiro atoms. The largest absolute Gasteiger partial charge is 0.479 e. The van der Waals surface area contributed by atoms with E-state index < -0.39 is 11.6 Å². The van der Waals surface area contributed by atoms with Crippen molar-refractivity contribution in [3.63, 3.8) is 0 Å². The third kappa shape index (κ3) is 3.16. The van der Waals surface area contributed by atoms with Crippen LogP contribution in [-0.2, 0) is 14.3 Å². The van der Waals surface area contributed by atoms with Crippen molar-refractivity contribution in [3.8, 4) is 5.69 Å². The van der Waals surface area contributed by atoms with Gasteiger partial charge < -0.3 is 19.1 Å². The molecule has 2 aromatic heterocycles. The zero-order valence-corrected chi connectivity index (χ0v) is 18.9. The summed E-state index contributed by atoms with van der Waals surface area (Å²) in [7, 11) is 1.47. The molecular formula is C26H26FN3O4. The van der Waals surface area contributed by atoms with Gasteiger partial charge in [-0.3, -0.25) is 5.10 Å². The predicted octanol–water partition coefficient (Wildman–Crippen LogP) is 4.89. The van der Waals surface area contributed by atoms with Crippen molar-refractivity contribution >= 4 is 27.8 Å². The molecule has 4 aromatic rings. The van der Waals surface area contributed by atoms with Crippen molar-refractivity contribution in [1.82, 2.24) is 14.8 Å². The second-order valence-corrected chi connectivity index (χ2v) is 9.43. The van der Waals surface area contributed by atoms with Crippen molar-refractivity contribution in [1.29, 1.82) is 0 Å². The van der Waals surface area contributed by atoms with E-state index in [1.165, 1.54) is 24.9 Å². The molecule has 2 fully saturated rings. The fraction of sp³-hybridized carbons (Fsp3) is 0.385. The fourth-order valence-electron chi connectivity index (χ4n) is 5.81. The normalized spacial score (nSPS) is 23.4. The van der Waals surface area contributed by atoms with Gasteiger partial charge in [0.25, 0.3) is 0 Å². The molecule has 2 aromatic carbocycles. The lowest BCUT2D eigenvalue weighted by molar-refractivity contribution is -0.175. The minimum absolute atomic E-state index is 0.0402. The number of aromatic amines is 1. The van der Waals surface area contributed by atoms with E-state index in [-0.39, 0.29) is 17.7 Å². The second kappa shape index (κ2) is 7.92. The molecule has 0 amide bonds. The van der Waals surface area contributed by atoms with E-state index >= 15 is 0 Å². The molecule has 6 rings (SSSR count). The summed E-state index contributed by atoms with van der Waals surface area (Å²) in [6, 6.07) is 10.8. The van der Waals surface area contributed by atoms with Crippen LogP contribution in [0.3, 0.4) is 0 Å². The van der Waals surface area contributed by atoms with Gasteiger partial charge in [0.15, 0.2) is 5.60 Å². The number of aromatic nitrogens is 3. The van der Waals surface area contributed by atoms with Gasteiger partial charge in [0.05, 0.1) is 17.2 Å². The van der Waals surface area contributed by atoms with Crippen molar-refractivity contribution in [2.45, 2.75) is 43.1 Å². The Morgan fingerprint density at radius 2 is 1.94 bits per heavy atom. The molecular weight excluding hydrogens is 437 g/mol. The average Bonchev–Trinajstić information content (AvgIpc) is 3.40. The van der Waals surface area contributed by atoms with Gasteiger partial charge in [-0.1, -0.05) is 0 Å². The van der Waals surface area contributed by atoms with Gasteiger partial charge in [-0.25, -0.2) is 9.18 Å². The first-order valence-electron chi connectivity index (χ1n) is 11.6. The molecule has 3 heterocycles. The molecule has 176 valence electrons. The molecule has 2 N–H and O–H groups in total. The van der Waals surface area contributed by atoms with E-state index in [2.05, 4.69) is 26.9 Å².